The molecule has 3 aliphatic heterocycles. The van der Waals surface area contributed by atoms with Crippen molar-refractivity contribution in [1.29, 1.82) is 5.26 Å². The predicted octanol–water partition coefficient (Wildman–Crippen LogP) is 2.32. The number of sulfonamides is 1. The van der Waals surface area contributed by atoms with Crippen molar-refractivity contribution in [3.63, 3.8) is 0 Å². The maximum absolute atomic E-state index is 13.1. The average Bonchev–Trinajstić information content (AvgIpc) is 3.41. The highest BCUT2D eigenvalue weighted by atomic mass is 32.2. The lowest BCUT2D eigenvalue weighted by Gasteiger charge is -2.45. The normalized spacial score (nSPS) is 27.3. The van der Waals surface area contributed by atoms with Gasteiger partial charge in [0.05, 0.1) is 27.5 Å². The molecule has 6 rings (SSSR count). The van der Waals surface area contributed by atoms with E-state index >= 15 is 0 Å². The SMILES string of the molecule is Cc1cc(Nc2nc(N[C@@H]3C[C@H]4CC(S(=O)(=O)N5CC(C#N)C5)C[C@@H](C3)N4)nc3ccsc23)n[nH]1. The first-order valence-electron chi connectivity index (χ1n) is 11.8. The summed E-state index contributed by atoms with van der Waals surface area (Å²) in [5, 5.41) is 28.2. The Balaban J connectivity index is 1.15. The monoisotopic (exact) mass is 513 g/mol. The smallest absolute Gasteiger partial charge is 0.225 e. The van der Waals surface area contributed by atoms with Crippen LogP contribution in [0, 0.1) is 24.2 Å². The van der Waals surface area contributed by atoms with E-state index in [-0.39, 0.29) is 29.3 Å². The van der Waals surface area contributed by atoms with E-state index in [1.165, 1.54) is 4.31 Å². The summed E-state index contributed by atoms with van der Waals surface area (Å²) < 4.78 is 28.6. The second-order valence-corrected chi connectivity index (χ2v) is 12.9. The van der Waals surface area contributed by atoms with Crippen molar-refractivity contribution in [2.24, 2.45) is 5.92 Å². The molecule has 3 aliphatic rings. The number of aromatic nitrogens is 4. The first kappa shape index (κ1) is 22.7. The molecule has 6 heterocycles. The lowest BCUT2D eigenvalue weighted by atomic mass is 9.84. The van der Waals surface area contributed by atoms with Gasteiger partial charge in [0.1, 0.15) is 0 Å². The van der Waals surface area contributed by atoms with Crippen LogP contribution in [-0.4, -0.2) is 69.4 Å². The van der Waals surface area contributed by atoms with Crippen molar-refractivity contribution in [3.05, 3.63) is 23.2 Å². The van der Waals surface area contributed by atoms with Gasteiger partial charge in [-0.25, -0.2) is 13.4 Å². The van der Waals surface area contributed by atoms with Crippen molar-refractivity contribution >= 4 is 49.2 Å². The third-order valence-corrected chi connectivity index (χ3v) is 10.3. The largest absolute Gasteiger partial charge is 0.351 e. The van der Waals surface area contributed by atoms with E-state index in [9.17, 15) is 8.42 Å². The maximum Gasteiger partial charge on any atom is 0.225 e. The van der Waals surface area contributed by atoms with Gasteiger partial charge in [0.25, 0.3) is 0 Å². The van der Waals surface area contributed by atoms with E-state index in [2.05, 4.69) is 32.2 Å². The highest BCUT2D eigenvalue weighted by molar-refractivity contribution is 7.89. The molecular weight excluding hydrogens is 486 g/mol. The fraction of sp³-hybridized carbons (Fsp3) is 0.545. The number of nitrogens with one attached hydrogen (secondary N) is 4. The summed E-state index contributed by atoms with van der Waals surface area (Å²) in [5.41, 5.74) is 1.83. The van der Waals surface area contributed by atoms with Gasteiger partial charge >= 0.3 is 0 Å². The Hall–Kier alpha value is -2.79. The summed E-state index contributed by atoms with van der Waals surface area (Å²) >= 11 is 1.58. The highest BCUT2D eigenvalue weighted by Crippen LogP contribution is 2.35. The molecule has 4 atom stereocenters. The van der Waals surface area contributed by atoms with Crippen molar-refractivity contribution in [1.82, 2.24) is 29.8 Å². The van der Waals surface area contributed by atoms with Crippen LogP contribution in [0.1, 0.15) is 31.4 Å². The van der Waals surface area contributed by atoms with E-state index in [4.69, 9.17) is 15.2 Å². The van der Waals surface area contributed by atoms with Crippen molar-refractivity contribution in [2.75, 3.05) is 23.7 Å². The molecule has 3 saturated heterocycles. The van der Waals surface area contributed by atoms with Crippen LogP contribution in [0.2, 0.25) is 0 Å². The van der Waals surface area contributed by atoms with Crippen LogP contribution in [-0.2, 0) is 10.0 Å². The second kappa shape index (κ2) is 8.70. The summed E-state index contributed by atoms with van der Waals surface area (Å²) in [4.78, 5) is 9.46. The van der Waals surface area contributed by atoms with Crippen LogP contribution in [0.4, 0.5) is 17.6 Å². The zero-order valence-corrected chi connectivity index (χ0v) is 20.9. The number of anilines is 3. The molecule has 3 fully saturated rings. The average molecular weight is 514 g/mol. The summed E-state index contributed by atoms with van der Waals surface area (Å²) in [6, 6.07) is 6.44. The molecule has 0 radical (unpaired) electrons. The molecular formula is C22H27N9O2S2. The van der Waals surface area contributed by atoms with Gasteiger partial charge in [0.2, 0.25) is 16.0 Å². The van der Waals surface area contributed by atoms with Crippen LogP contribution in [0.5, 0.6) is 0 Å². The van der Waals surface area contributed by atoms with E-state index in [1.54, 1.807) is 11.3 Å². The molecule has 0 aliphatic carbocycles. The summed E-state index contributed by atoms with van der Waals surface area (Å²) in [6.45, 7) is 2.61. The molecule has 2 bridgehead atoms. The zero-order chi connectivity index (χ0) is 24.2. The van der Waals surface area contributed by atoms with Crippen LogP contribution in [0.15, 0.2) is 17.5 Å². The van der Waals surface area contributed by atoms with E-state index < -0.39 is 10.0 Å². The highest BCUT2D eigenvalue weighted by Gasteiger charge is 2.46. The van der Waals surface area contributed by atoms with Crippen molar-refractivity contribution in [2.45, 2.75) is 56.0 Å². The molecule has 35 heavy (non-hydrogen) atoms. The van der Waals surface area contributed by atoms with Crippen molar-refractivity contribution < 1.29 is 8.42 Å². The Morgan fingerprint density at radius 2 is 1.97 bits per heavy atom. The van der Waals surface area contributed by atoms with Gasteiger partial charge in [-0.1, -0.05) is 0 Å². The number of H-pyrrole nitrogens is 1. The molecule has 3 aromatic heterocycles. The van der Waals surface area contributed by atoms with Gasteiger partial charge in [0, 0.05) is 43.0 Å². The topological polar surface area (TPSA) is 152 Å². The number of hydrogen-bond acceptors (Lipinski definition) is 10. The number of fused-ring (bicyclic) bond motifs is 3. The molecule has 1 unspecified atom stereocenters. The van der Waals surface area contributed by atoms with Crippen LogP contribution in [0.25, 0.3) is 10.2 Å². The van der Waals surface area contributed by atoms with Crippen LogP contribution in [0.3, 0.4) is 0 Å². The predicted molar refractivity (Wildman–Crippen MR) is 134 cm³/mol. The van der Waals surface area contributed by atoms with E-state index in [0.29, 0.717) is 43.5 Å². The Labute approximate surface area is 207 Å². The summed E-state index contributed by atoms with van der Waals surface area (Å²) in [5.74, 6) is 1.80. The molecule has 0 saturated carbocycles. The first-order chi connectivity index (χ1) is 16.9. The van der Waals surface area contributed by atoms with E-state index in [0.717, 1.165) is 28.8 Å². The number of thiophene rings is 1. The van der Waals surface area contributed by atoms with E-state index in [1.807, 2.05) is 24.4 Å². The lowest BCUT2D eigenvalue weighted by molar-refractivity contribution is 0.211. The molecule has 184 valence electrons. The Morgan fingerprint density at radius 3 is 2.66 bits per heavy atom. The minimum absolute atomic E-state index is 0.113. The number of nitriles is 1. The number of piperidine rings is 2. The minimum Gasteiger partial charge on any atom is -0.351 e. The molecule has 3 aromatic rings. The van der Waals surface area contributed by atoms with Gasteiger partial charge in [-0.05, 0) is 44.1 Å². The second-order valence-electron chi connectivity index (χ2n) is 9.75. The Kier molecular flexibility index (Phi) is 5.63. The van der Waals surface area contributed by atoms with Gasteiger partial charge in [-0.15, -0.1) is 11.3 Å². The van der Waals surface area contributed by atoms with Gasteiger partial charge in [-0.3, -0.25) is 5.10 Å². The third kappa shape index (κ3) is 4.35. The molecule has 0 amide bonds. The zero-order valence-electron chi connectivity index (χ0n) is 19.2. The standard InChI is InChI=1S/C22H27N9O2S2/c1-12-4-19(30-29-12)27-21-20-18(2-3-34-20)26-22(28-21)25-14-5-15-7-17(8-16(6-14)24-15)35(32,33)31-10-13(9-23)11-31/h2-4,13-17,24H,5-8,10-11H2,1H3,(H3,25,26,27,28,29,30)/t14-,15+,16-,17?. The van der Waals surface area contributed by atoms with Gasteiger partial charge in [-0.2, -0.15) is 19.6 Å². The molecule has 11 nitrogen and oxygen atoms in total. The summed E-state index contributed by atoms with van der Waals surface area (Å²) in [6.07, 6.45) is 2.77. The Bertz CT molecular complexity index is 1380. The minimum atomic E-state index is -3.36. The molecule has 0 spiro atoms. The number of hydrogen-bond donors (Lipinski definition) is 4. The van der Waals surface area contributed by atoms with Crippen LogP contribution < -0.4 is 16.0 Å². The molecule has 0 aromatic carbocycles. The molecule has 13 heteroatoms. The number of aryl methyl sites for hydroxylation is 1. The Morgan fingerprint density at radius 1 is 1.20 bits per heavy atom. The quantitative estimate of drug-likeness (QED) is 0.389. The fourth-order valence-electron chi connectivity index (χ4n) is 5.41. The van der Waals surface area contributed by atoms with Crippen LogP contribution >= 0.6 is 11.3 Å². The van der Waals surface area contributed by atoms with Crippen molar-refractivity contribution in [3.8, 4) is 6.07 Å². The number of rotatable bonds is 6. The number of aromatic amines is 1. The first-order valence-corrected chi connectivity index (χ1v) is 14.2. The maximum atomic E-state index is 13.1. The number of nitrogens with zero attached hydrogens (tertiary/aromatic N) is 5. The fourth-order valence-corrected chi connectivity index (χ4v) is 8.33. The van der Waals surface area contributed by atoms with Gasteiger partial charge in [0.15, 0.2) is 11.6 Å². The summed E-state index contributed by atoms with van der Waals surface area (Å²) in [7, 11) is -3.36. The van der Waals surface area contributed by atoms with Gasteiger partial charge < -0.3 is 16.0 Å². The lowest BCUT2D eigenvalue weighted by Crippen LogP contribution is -2.60. The third-order valence-electron chi connectivity index (χ3n) is 7.11. The molecule has 4 N–H and O–H groups in total.